The molecular weight excluding hydrogens is 170 g/mol. The Labute approximate surface area is 69.3 Å². The van der Waals surface area contributed by atoms with Crippen LogP contribution in [0, 0.1) is 0 Å². The summed E-state index contributed by atoms with van der Waals surface area (Å²) < 4.78 is 27.8. The molecule has 72 valence electrons. The van der Waals surface area contributed by atoms with E-state index in [1.54, 1.807) is 6.92 Å². The molecule has 0 bridgehead atoms. The van der Waals surface area contributed by atoms with E-state index in [9.17, 15) is 13.6 Å². The molecule has 0 heterocycles. The quantitative estimate of drug-likeness (QED) is 0.664. The minimum absolute atomic E-state index is 0.344. The van der Waals surface area contributed by atoms with Crippen molar-refractivity contribution in [2.75, 3.05) is 0 Å². The molecule has 0 aliphatic carbocycles. The summed E-state index contributed by atoms with van der Waals surface area (Å²) >= 11 is 0. The molecule has 0 saturated carbocycles. The van der Waals surface area contributed by atoms with Gasteiger partial charge in [0.1, 0.15) is 6.10 Å². The van der Waals surface area contributed by atoms with Gasteiger partial charge >= 0.3 is 6.16 Å². The Kier molecular flexibility index (Phi) is 5.32. The fourth-order valence-corrected chi connectivity index (χ4v) is 0.888. The molecule has 0 rings (SSSR count). The van der Waals surface area contributed by atoms with Crippen LogP contribution in [0.4, 0.5) is 13.6 Å². The van der Waals surface area contributed by atoms with Gasteiger partial charge in [0.15, 0.2) is 0 Å². The zero-order valence-electron chi connectivity index (χ0n) is 6.80. The highest BCUT2D eigenvalue weighted by Gasteiger charge is 2.17. The van der Waals surface area contributed by atoms with Gasteiger partial charge in [0.25, 0.3) is 0 Å². The highest BCUT2D eigenvalue weighted by Crippen LogP contribution is 2.12. The van der Waals surface area contributed by atoms with Crippen molar-refractivity contribution >= 4 is 6.16 Å². The lowest BCUT2D eigenvalue weighted by Crippen LogP contribution is -2.19. The first-order valence-corrected chi connectivity index (χ1v) is 3.74. The van der Waals surface area contributed by atoms with Crippen LogP contribution >= 0.6 is 0 Å². The van der Waals surface area contributed by atoms with Crippen LogP contribution < -0.4 is 0 Å². The number of carboxylic acid groups (broad SMARTS) is 1. The van der Waals surface area contributed by atoms with E-state index < -0.39 is 25.1 Å². The Hall–Kier alpha value is -0.870. The molecule has 1 N–H and O–H groups in total. The predicted octanol–water partition coefficient (Wildman–Crippen LogP) is 2.50. The molecule has 0 saturated heterocycles. The van der Waals surface area contributed by atoms with Crippen molar-refractivity contribution in [3.8, 4) is 0 Å². The van der Waals surface area contributed by atoms with Crippen LogP contribution in [0.5, 0.6) is 0 Å². The first-order valence-electron chi connectivity index (χ1n) is 3.74. The lowest BCUT2D eigenvalue weighted by atomic mass is 10.1. The minimum Gasteiger partial charge on any atom is -0.450 e. The average molecular weight is 182 g/mol. The van der Waals surface area contributed by atoms with Gasteiger partial charge in [-0.1, -0.05) is 13.3 Å². The number of hydrogen-bond donors (Lipinski definition) is 1. The van der Waals surface area contributed by atoms with Crippen molar-refractivity contribution in [3.63, 3.8) is 0 Å². The Balaban J connectivity index is 3.77. The zero-order valence-corrected chi connectivity index (χ0v) is 6.80. The molecule has 12 heavy (non-hydrogen) atoms. The van der Waals surface area contributed by atoms with Crippen LogP contribution in [0.25, 0.3) is 0 Å². The van der Waals surface area contributed by atoms with Crippen LogP contribution in [-0.2, 0) is 4.74 Å². The fraction of sp³-hybridized carbons (Fsp3) is 0.857. The Morgan fingerprint density at radius 1 is 1.58 bits per heavy atom. The molecule has 0 aliphatic rings. The van der Waals surface area contributed by atoms with Crippen molar-refractivity contribution in [3.05, 3.63) is 0 Å². The summed E-state index contributed by atoms with van der Waals surface area (Å²) in [5.74, 6) is 0. The molecule has 0 aromatic carbocycles. The summed E-state index contributed by atoms with van der Waals surface area (Å²) in [5, 5.41) is 8.16. The maximum absolute atomic E-state index is 11.8. The predicted molar refractivity (Wildman–Crippen MR) is 38.4 cm³/mol. The summed E-state index contributed by atoms with van der Waals surface area (Å²) in [6.07, 6.45) is -4.41. The number of halogens is 2. The van der Waals surface area contributed by atoms with Gasteiger partial charge in [-0.3, -0.25) is 0 Å². The Morgan fingerprint density at radius 2 is 2.17 bits per heavy atom. The number of ether oxygens (including phenoxy) is 1. The third-order valence-electron chi connectivity index (χ3n) is 1.32. The van der Waals surface area contributed by atoms with Crippen molar-refractivity contribution in [1.82, 2.24) is 0 Å². The van der Waals surface area contributed by atoms with Crippen molar-refractivity contribution < 1.29 is 23.4 Å². The van der Waals surface area contributed by atoms with Gasteiger partial charge < -0.3 is 9.84 Å². The normalized spacial score (nSPS) is 13.0. The van der Waals surface area contributed by atoms with Gasteiger partial charge in [0.2, 0.25) is 6.43 Å². The molecule has 0 aromatic heterocycles. The average Bonchev–Trinajstić information content (AvgIpc) is 1.84. The largest absolute Gasteiger partial charge is 0.506 e. The van der Waals surface area contributed by atoms with E-state index in [1.165, 1.54) is 0 Å². The minimum atomic E-state index is -2.51. The highest BCUT2D eigenvalue weighted by molar-refractivity contribution is 5.57. The summed E-state index contributed by atoms with van der Waals surface area (Å²) in [7, 11) is 0. The monoisotopic (exact) mass is 182 g/mol. The molecule has 1 unspecified atom stereocenters. The van der Waals surface area contributed by atoms with Gasteiger partial charge in [0, 0.05) is 6.42 Å². The Morgan fingerprint density at radius 3 is 2.50 bits per heavy atom. The van der Waals surface area contributed by atoms with Gasteiger partial charge in [-0.25, -0.2) is 13.6 Å². The number of alkyl halides is 2. The topological polar surface area (TPSA) is 46.5 Å². The number of hydrogen-bond acceptors (Lipinski definition) is 2. The van der Waals surface area contributed by atoms with Crippen molar-refractivity contribution in [2.24, 2.45) is 0 Å². The van der Waals surface area contributed by atoms with E-state index in [1.807, 2.05) is 0 Å². The molecule has 0 spiro atoms. The van der Waals surface area contributed by atoms with Crippen molar-refractivity contribution in [1.29, 1.82) is 0 Å². The van der Waals surface area contributed by atoms with Crippen LogP contribution in [-0.4, -0.2) is 23.8 Å². The second-order valence-electron chi connectivity index (χ2n) is 2.42. The summed E-state index contributed by atoms with van der Waals surface area (Å²) in [5.41, 5.74) is 0. The standard InChI is InChI=1S/C7H12F2O3/c1-2-3-5(4-6(8)9)12-7(10)11/h5-6H,2-4H2,1H3,(H,10,11). The van der Waals surface area contributed by atoms with Gasteiger partial charge in [0.05, 0.1) is 0 Å². The number of carbonyl (C=O) groups is 1. The molecule has 0 aromatic rings. The van der Waals surface area contributed by atoms with E-state index in [0.717, 1.165) is 0 Å². The maximum Gasteiger partial charge on any atom is 0.506 e. The van der Waals surface area contributed by atoms with Crippen LogP contribution in [0.15, 0.2) is 0 Å². The molecule has 3 nitrogen and oxygen atoms in total. The molecule has 1 atom stereocenters. The first kappa shape index (κ1) is 11.1. The van der Waals surface area contributed by atoms with E-state index in [0.29, 0.717) is 12.8 Å². The fourth-order valence-electron chi connectivity index (χ4n) is 0.888. The summed E-state index contributed by atoms with van der Waals surface area (Å²) in [6.45, 7) is 1.78. The first-order chi connectivity index (χ1) is 5.56. The van der Waals surface area contributed by atoms with Gasteiger partial charge in [-0.2, -0.15) is 0 Å². The molecule has 0 radical (unpaired) electrons. The SMILES string of the molecule is CCCC(CC(F)F)OC(=O)O. The van der Waals surface area contributed by atoms with E-state index >= 15 is 0 Å². The van der Waals surface area contributed by atoms with Crippen LogP contribution in [0.3, 0.4) is 0 Å². The number of rotatable bonds is 5. The van der Waals surface area contributed by atoms with Crippen LogP contribution in [0.2, 0.25) is 0 Å². The highest BCUT2D eigenvalue weighted by atomic mass is 19.3. The van der Waals surface area contributed by atoms with Crippen LogP contribution in [0.1, 0.15) is 26.2 Å². The van der Waals surface area contributed by atoms with Crippen molar-refractivity contribution in [2.45, 2.75) is 38.7 Å². The lowest BCUT2D eigenvalue weighted by molar-refractivity contribution is 0.0123. The molecule has 5 heteroatoms. The second kappa shape index (κ2) is 5.74. The molecule has 0 aliphatic heterocycles. The van der Waals surface area contributed by atoms with Gasteiger partial charge in [-0.05, 0) is 6.42 Å². The third-order valence-corrected chi connectivity index (χ3v) is 1.32. The molecule has 0 amide bonds. The van der Waals surface area contributed by atoms with E-state index in [4.69, 9.17) is 5.11 Å². The maximum atomic E-state index is 11.8. The third kappa shape index (κ3) is 5.88. The van der Waals surface area contributed by atoms with E-state index in [2.05, 4.69) is 4.74 Å². The second-order valence-corrected chi connectivity index (χ2v) is 2.42. The van der Waals surface area contributed by atoms with E-state index in [-0.39, 0.29) is 0 Å². The zero-order chi connectivity index (χ0) is 9.56. The molecular formula is C7H12F2O3. The Bertz CT molecular complexity index is 139. The van der Waals surface area contributed by atoms with Gasteiger partial charge in [-0.15, -0.1) is 0 Å². The summed E-state index contributed by atoms with van der Waals surface area (Å²) in [4.78, 5) is 10.00. The summed E-state index contributed by atoms with van der Waals surface area (Å²) in [6, 6.07) is 0. The smallest absolute Gasteiger partial charge is 0.450 e. The lowest BCUT2D eigenvalue weighted by Gasteiger charge is -2.13. The molecule has 0 fully saturated rings.